The molecule has 7 heteroatoms. The molecule has 1 N–H and O–H groups in total. The second-order valence-electron chi connectivity index (χ2n) is 7.17. The van der Waals surface area contributed by atoms with Gasteiger partial charge in [-0.2, -0.15) is 0 Å². The molecule has 5 nitrogen and oxygen atoms in total. The van der Waals surface area contributed by atoms with Crippen molar-refractivity contribution in [2.45, 2.75) is 38.6 Å². The van der Waals surface area contributed by atoms with Crippen molar-refractivity contribution in [1.82, 2.24) is 10.2 Å². The van der Waals surface area contributed by atoms with Crippen LogP contribution in [0.15, 0.2) is 18.2 Å². The third kappa shape index (κ3) is 4.63. The minimum Gasteiger partial charge on any atom is -0.368 e. The van der Waals surface area contributed by atoms with Crippen molar-refractivity contribution in [3.05, 3.63) is 28.2 Å². The van der Waals surface area contributed by atoms with Crippen molar-refractivity contribution < 1.29 is 9.59 Å². The Labute approximate surface area is 164 Å². The summed E-state index contributed by atoms with van der Waals surface area (Å²) in [7, 11) is 0. The number of carbonyl (C=O) groups is 2. The van der Waals surface area contributed by atoms with Crippen LogP contribution >= 0.6 is 23.2 Å². The summed E-state index contributed by atoms with van der Waals surface area (Å²) in [4.78, 5) is 28.4. The first-order valence-corrected chi connectivity index (χ1v) is 9.95. The third-order valence-electron chi connectivity index (χ3n) is 5.29. The number of amides is 2. The molecule has 3 rings (SSSR count). The van der Waals surface area contributed by atoms with Gasteiger partial charge in [-0.1, -0.05) is 29.6 Å². The minimum atomic E-state index is -0.0154. The van der Waals surface area contributed by atoms with Gasteiger partial charge in [-0.25, -0.2) is 0 Å². The van der Waals surface area contributed by atoms with Gasteiger partial charge in [-0.05, 0) is 37.5 Å². The molecule has 1 aromatic rings. The Bertz CT molecular complexity index is 675. The van der Waals surface area contributed by atoms with Crippen LogP contribution in [0.4, 0.5) is 5.69 Å². The van der Waals surface area contributed by atoms with E-state index in [1.165, 1.54) is 6.92 Å². The minimum absolute atomic E-state index is 0.0154. The first-order chi connectivity index (χ1) is 12.4. The van der Waals surface area contributed by atoms with E-state index in [9.17, 15) is 9.59 Å². The first-order valence-electron chi connectivity index (χ1n) is 9.20. The smallest absolute Gasteiger partial charge is 0.225 e. The number of hydrogen-bond acceptors (Lipinski definition) is 3. The van der Waals surface area contributed by atoms with Gasteiger partial charge in [0, 0.05) is 50.7 Å². The van der Waals surface area contributed by atoms with Gasteiger partial charge < -0.3 is 15.1 Å². The van der Waals surface area contributed by atoms with Crippen LogP contribution in [0.1, 0.15) is 32.6 Å². The predicted molar refractivity (Wildman–Crippen MR) is 105 cm³/mol. The zero-order chi connectivity index (χ0) is 18.7. The highest BCUT2D eigenvalue weighted by molar-refractivity contribution is 6.42. The summed E-state index contributed by atoms with van der Waals surface area (Å²) in [5, 5.41) is 4.07. The molecule has 1 saturated heterocycles. The molecular formula is C19H25Cl2N3O2. The van der Waals surface area contributed by atoms with Gasteiger partial charge in [0.25, 0.3) is 0 Å². The van der Waals surface area contributed by atoms with E-state index >= 15 is 0 Å². The Morgan fingerprint density at radius 3 is 2.46 bits per heavy atom. The van der Waals surface area contributed by atoms with Gasteiger partial charge in [0.2, 0.25) is 11.8 Å². The van der Waals surface area contributed by atoms with E-state index in [1.807, 2.05) is 17.0 Å². The molecule has 26 heavy (non-hydrogen) atoms. The van der Waals surface area contributed by atoms with Crippen molar-refractivity contribution in [2.75, 3.05) is 31.1 Å². The monoisotopic (exact) mass is 397 g/mol. The number of nitrogens with one attached hydrogen (secondary N) is 1. The summed E-state index contributed by atoms with van der Waals surface area (Å²) in [6, 6.07) is 5.78. The zero-order valence-electron chi connectivity index (χ0n) is 15.0. The molecule has 2 amide bonds. The highest BCUT2D eigenvalue weighted by atomic mass is 35.5. The molecular weight excluding hydrogens is 373 g/mol. The van der Waals surface area contributed by atoms with Crippen LogP contribution in [0.2, 0.25) is 10.0 Å². The lowest BCUT2D eigenvalue weighted by Crippen LogP contribution is -2.51. The number of carbonyl (C=O) groups excluding carboxylic acids is 2. The SMILES string of the molecule is CC(=O)NC1CCCC(C(=O)N2CCN(c3ccc(Cl)c(Cl)c3)CC2)C1. The molecule has 0 bridgehead atoms. The topological polar surface area (TPSA) is 52.7 Å². The van der Waals surface area contributed by atoms with Crippen LogP contribution in [0.25, 0.3) is 0 Å². The Balaban J connectivity index is 1.54. The van der Waals surface area contributed by atoms with Gasteiger partial charge in [0.1, 0.15) is 0 Å². The van der Waals surface area contributed by atoms with E-state index in [0.29, 0.717) is 23.1 Å². The third-order valence-corrected chi connectivity index (χ3v) is 6.03. The Morgan fingerprint density at radius 1 is 1.08 bits per heavy atom. The number of halogens is 2. The summed E-state index contributed by atoms with van der Waals surface area (Å²) in [5.41, 5.74) is 1.04. The second kappa shape index (κ2) is 8.49. The highest BCUT2D eigenvalue weighted by Crippen LogP contribution is 2.29. The quantitative estimate of drug-likeness (QED) is 0.850. The maximum absolute atomic E-state index is 12.9. The molecule has 1 heterocycles. The van der Waals surface area contributed by atoms with E-state index in [0.717, 1.165) is 44.5 Å². The maximum Gasteiger partial charge on any atom is 0.225 e. The summed E-state index contributed by atoms with van der Waals surface area (Å²) in [6.45, 7) is 4.52. The van der Waals surface area contributed by atoms with Crippen molar-refractivity contribution in [3.63, 3.8) is 0 Å². The van der Waals surface area contributed by atoms with Crippen molar-refractivity contribution in [2.24, 2.45) is 5.92 Å². The molecule has 1 aromatic carbocycles. The lowest BCUT2D eigenvalue weighted by atomic mass is 9.84. The molecule has 2 atom stereocenters. The van der Waals surface area contributed by atoms with Crippen molar-refractivity contribution >= 4 is 40.7 Å². The zero-order valence-corrected chi connectivity index (χ0v) is 16.5. The van der Waals surface area contributed by atoms with Crippen LogP contribution in [0.3, 0.4) is 0 Å². The predicted octanol–water partition coefficient (Wildman–Crippen LogP) is 3.34. The lowest BCUT2D eigenvalue weighted by molar-refractivity contribution is -0.137. The van der Waals surface area contributed by atoms with Crippen LogP contribution in [0, 0.1) is 5.92 Å². The van der Waals surface area contributed by atoms with Crippen LogP contribution in [0.5, 0.6) is 0 Å². The van der Waals surface area contributed by atoms with Crippen molar-refractivity contribution in [3.8, 4) is 0 Å². The number of benzene rings is 1. The fraction of sp³-hybridized carbons (Fsp3) is 0.579. The van der Waals surface area contributed by atoms with E-state index in [-0.39, 0.29) is 23.8 Å². The summed E-state index contributed by atoms with van der Waals surface area (Å²) in [6.07, 6.45) is 3.63. The molecule has 142 valence electrons. The largest absolute Gasteiger partial charge is 0.368 e. The fourth-order valence-electron chi connectivity index (χ4n) is 3.96. The van der Waals surface area contributed by atoms with Gasteiger partial charge in [-0.15, -0.1) is 0 Å². The van der Waals surface area contributed by atoms with E-state index < -0.39 is 0 Å². The number of rotatable bonds is 3. The Kier molecular flexibility index (Phi) is 6.30. The molecule has 1 aliphatic carbocycles. The highest BCUT2D eigenvalue weighted by Gasteiger charge is 2.32. The standard InChI is InChI=1S/C19H25Cl2N3O2/c1-13(25)22-15-4-2-3-14(11-15)19(26)24-9-7-23(8-10-24)16-5-6-17(20)18(21)12-16/h5-6,12,14-15H,2-4,7-11H2,1H3,(H,22,25). The van der Waals surface area contributed by atoms with Gasteiger partial charge in [0.15, 0.2) is 0 Å². The average molecular weight is 398 g/mol. The van der Waals surface area contributed by atoms with E-state index in [2.05, 4.69) is 10.2 Å². The van der Waals surface area contributed by atoms with Crippen LogP contribution < -0.4 is 10.2 Å². The molecule has 0 radical (unpaired) electrons. The summed E-state index contributed by atoms with van der Waals surface area (Å²) in [5.74, 6) is 0.240. The van der Waals surface area contributed by atoms with Gasteiger partial charge in [0.05, 0.1) is 10.0 Å². The summed E-state index contributed by atoms with van der Waals surface area (Å²) >= 11 is 12.1. The molecule has 1 aliphatic heterocycles. The number of anilines is 1. The molecule has 2 aliphatic rings. The van der Waals surface area contributed by atoms with E-state index in [1.54, 1.807) is 6.07 Å². The van der Waals surface area contributed by atoms with Crippen LogP contribution in [-0.2, 0) is 9.59 Å². The first kappa shape index (κ1) is 19.3. The number of piperazine rings is 1. The second-order valence-corrected chi connectivity index (χ2v) is 7.99. The summed E-state index contributed by atoms with van der Waals surface area (Å²) < 4.78 is 0. The fourth-order valence-corrected chi connectivity index (χ4v) is 4.25. The maximum atomic E-state index is 12.9. The van der Waals surface area contributed by atoms with E-state index in [4.69, 9.17) is 23.2 Å². The molecule has 2 unspecified atom stereocenters. The molecule has 0 aromatic heterocycles. The molecule has 0 spiro atoms. The average Bonchev–Trinajstić information content (AvgIpc) is 2.63. The van der Waals surface area contributed by atoms with Crippen LogP contribution in [-0.4, -0.2) is 48.9 Å². The Morgan fingerprint density at radius 2 is 1.81 bits per heavy atom. The molecule has 1 saturated carbocycles. The van der Waals surface area contributed by atoms with Crippen molar-refractivity contribution in [1.29, 1.82) is 0 Å². The normalized spacial score (nSPS) is 23.7. The Hall–Kier alpha value is -1.46. The number of hydrogen-bond donors (Lipinski definition) is 1. The van der Waals surface area contributed by atoms with Gasteiger partial charge >= 0.3 is 0 Å². The molecule has 2 fully saturated rings. The number of nitrogens with zero attached hydrogens (tertiary/aromatic N) is 2. The van der Waals surface area contributed by atoms with Gasteiger partial charge in [-0.3, -0.25) is 9.59 Å². The lowest BCUT2D eigenvalue weighted by Gasteiger charge is -2.39.